The van der Waals surface area contributed by atoms with E-state index in [4.69, 9.17) is 0 Å². The highest BCUT2D eigenvalue weighted by Crippen LogP contribution is 2.38. The van der Waals surface area contributed by atoms with E-state index in [-0.39, 0.29) is 26.6 Å². The van der Waals surface area contributed by atoms with Gasteiger partial charge in [-0.25, -0.2) is 0 Å². The van der Waals surface area contributed by atoms with Crippen LogP contribution in [0, 0.1) is 5.92 Å². The molecule has 0 heterocycles. The van der Waals surface area contributed by atoms with Crippen molar-refractivity contribution >= 4 is 7.82 Å². The first-order chi connectivity index (χ1) is 6.02. The van der Waals surface area contributed by atoms with Crippen molar-refractivity contribution in [3.8, 4) is 0 Å². The fourth-order valence-electron chi connectivity index (χ4n) is 0.577. The van der Waals surface area contributed by atoms with E-state index in [9.17, 15) is 9.46 Å². The Bertz CT molecular complexity index is 172. The van der Waals surface area contributed by atoms with Crippen LogP contribution in [0.25, 0.3) is 0 Å². The molecule has 5 heteroatoms. The van der Waals surface area contributed by atoms with Crippen LogP contribution >= 0.6 is 7.82 Å². The molecule has 0 fully saturated rings. The van der Waals surface area contributed by atoms with Crippen molar-refractivity contribution < 1.29 is 18.5 Å². The molecule has 88 valence electrons. The normalized spacial score (nSPS) is 16.9. The van der Waals surface area contributed by atoms with Crippen molar-refractivity contribution in [2.45, 2.75) is 41.0 Å². The molecule has 0 spiro atoms. The molecular weight excluding hydrogens is 203 g/mol. The van der Waals surface area contributed by atoms with Crippen molar-refractivity contribution in [1.82, 2.24) is 0 Å². The Morgan fingerprint density at radius 3 is 2.36 bits per heavy atom. The Balaban J connectivity index is 0. The average molecular weight is 225 g/mol. The largest absolute Gasteiger partial charge is 0.756 e. The Kier molecular flexibility index (Phi) is 9.95. The van der Waals surface area contributed by atoms with Gasteiger partial charge in [-0.2, -0.15) is 0 Å². The number of rotatable bonds is 7. The van der Waals surface area contributed by atoms with Gasteiger partial charge in [-0.3, -0.25) is 4.57 Å². The lowest BCUT2D eigenvalue weighted by molar-refractivity contribution is -0.226. The molecule has 0 rings (SSSR count). The Morgan fingerprint density at radius 2 is 1.93 bits per heavy atom. The van der Waals surface area contributed by atoms with Gasteiger partial charge in [0.15, 0.2) is 0 Å². The summed E-state index contributed by atoms with van der Waals surface area (Å²) in [7, 11) is -4.03. The highest BCUT2D eigenvalue weighted by Gasteiger charge is 2.10. The lowest BCUT2D eigenvalue weighted by Crippen LogP contribution is -2.12. The molecule has 0 amide bonds. The van der Waals surface area contributed by atoms with Crippen molar-refractivity contribution in [2.75, 3.05) is 13.2 Å². The Labute approximate surface area is 87.2 Å². The molecule has 0 aliphatic carbocycles. The molecule has 0 N–H and O–H groups in total. The highest BCUT2D eigenvalue weighted by molar-refractivity contribution is 7.45. The summed E-state index contributed by atoms with van der Waals surface area (Å²) >= 11 is 0. The standard InChI is InChI=1S/C8H19O4P.CH4/c1-4-6-11-13(9,10)12-7-8(3)5-2;/h8H,4-7H2,1-3H3,(H,9,10);1H4/p-1. The highest BCUT2D eigenvalue weighted by atomic mass is 31.2. The molecule has 0 saturated heterocycles. The maximum Gasteiger partial charge on any atom is 0.267 e. The van der Waals surface area contributed by atoms with Crippen LogP contribution in [-0.4, -0.2) is 13.2 Å². The molecule has 4 nitrogen and oxygen atoms in total. The summed E-state index contributed by atoms with van der Waals surface area (Å²) in [6.45, 7) is 6.16. The van der Waals surface area contributed by atoms with Crippen LogP contribution in [-0.2, 0) is 13.6 Å². The van der Waals surface area contributed by atoms with Crippen molar-refractivity contribution in [2.24, 2.45) is 5.92 Å². The van der Waals surface area contributed by atoms with Crippen molar-refractivity contribution in [3.63, 3.8) is 0 Å². The zero-order valence-corrected chi connectivity index (χ0v) is 9.38. The maximum atomic E-state index is 11.0. The molecule has 0 bridgehead atoms. The predicted octanol–water partition coefficient (Wildman–Crippen LogP) is 2.58. The van der Waals surface area contributed by atoms with Gasteiger partial charge in [0.05, 0.1) is 13.2 Å². The summed E-state index contributed by atoms with van der Waals surface area (Å²) in [4.78, 5) is 11.0. The van der Waals surface area contributed by atoms with E-state index in [1.165, 1.54) is 0 Å². The van der Waals surface area contributed by atoms with E-state index in [0.717, 1.165) is 6.42 Å². The fourth-order valence-corrected chi connectivity index (χ4v) is 1.49. The lowest BCUT2D eigenvalue weighted by atomic mass is 10.1. The molecule has 2 unspecified atom stereocenters. The van der Waals surface area contributed by atoms with E-state index in [1.807, 2.05) is 20.8 Å². The first kappa shape index (κ1) is 16.5. The van der Waals surface area contributed by atoms with E-state index in [1.54, 1.807) is 0 Å². The van der Waals surface area contributed by atoms with Gasteiger partial charge in [-0.05, 0) is 12.3 Å². The third kappa shape index (κ3) is 8.70. The molecule has 0 aliphatic rings. The van der Waals surface area contributed by atoms with Crippen LogP contribution < -0.4 is 4.89 Å². The monoisotopic (exact) mass is 225 g/mol. The SMILES string of the molecule is C.CCCOP(=O)([O-])OCC(C)CC. The molecule has 0 aromatic heterocycles. The molecule has 2 atom stereocenters. The Morgan fingerprint density at radius 1 is 1.36 bits per heavy atom. The second-order valence-electron chi connectivity index (χ2n) is 3.09. The summed E-state index contributed by atoms with van der Waals surface area (Å²) in [5, 5.41) is 0. The van der Waals surface area contributed by atoms with Gasteiger partial charge in [-0.15, -0.1) is 0 Å². The molecule has 0 aromatic rings. The van der Waals surface area contributed by atoms with Crippen LogP contribution in [0.2, 0.25) is 0 Å². The zero-order valence-electron chi connectivity index (χ0n) is 8.49. The van der Waals surface area contributed by atoms with Gasteiger partial charge in [-0.1, -0.05) is 34.6 Å². The minimum atomic E-state index is -4.03. The first-order valence-electron chi connectivity index (χ1n) is 4.62. The number of hydrogen-bond acceptors (Lipinski definition) is 4. The quantitative estimate of drug-likeness (QED) is 0.625. The van der Waals surface area contributed by atoms with Gasteiger partial charge in [0, 0.05) is 0 Å². The van der Waals surface area contributed by atoms with Crippen LogP contribution in [0.4, 0.5) is 0 Å². The fraction of sp³-hybridized carbons (Fsp3) is 1.00. The second-order valence-corrected chi connectivity index (χ2v) is 4.50. The summed E-state index contributed by atoms with van der Waals surface area (Å²) in [6, 6.07) is 0. The first-order valence-corrected chi connectivity index (χ1v) is 6.08. The molecule has 14 heavy (non-hydrogen) atoms. The Hall–Kier alpha value is 0.110. The van der Waals surface area contributed by atoms with Crippen molar-refractivity contribution in [1.29, 1.82) is 0 Å². The van der Waals surface area contributed by atoms with E-state index in [2.05, 4.69) is 9.05 Å². The van der Waals surface area contributed by atoms with Gasteiger partial charge in [0.2, 0.25) is 0 Å². The minimum Gasteiger partial charge on any atom is -0.756 e. The van der Waals surface area contributed by atoms with Crippen molar-refractivity contribution in [3.05, 3.63) is 0 Å². The van der Waals surface area contributed by atoms with E-state index in [0.29, 0.717) is 6.42 Å². The third-order valence-corrected chi connectivity index (χ3v) is 2.63. The molecular formula is C9H22O4P-. The van der Waals surface area contributed by atoms with E-state index >= 15 is 0 Å². The molecule has 0 aliphatic heterocycles. The second kappa shape index (κ2) is 8.42. The number of hydrogen-bond donors (Lipinski definition) is 0. The van der Waals surface area contributed by atoms with Crippen LogP contribution in [0.1, 0.15) is 41.0 Å². The predicted molar refractivity (Wildman–Crippen MR) is 56.0 cm³/mol. The van der Waals surface area contributed by atoms with Crippen LogP contribution in [0.5, 0.6) is 0 Å². The summed E-state index contributed by atoms with van der Waals surface area (Å²) in [6.07, 6.45) is 1.56. The maximum absolute atomic E-state index is 11.0. The van der Waals surface area contributed by atoms with Crippen LogP contribution in [0.15, 0.2) is 0 Å². The minimum absolute atomic E-state index is 0. The van der Waals surface area contributed by atoms with Gasteiger partial charge >= 0.3 is 0 Å². The topological polar surface area (TPSA) is 58.6 Å². The summed E-state index contributed by atoms with van der Waals surface area (Å²) in [5.41, 5.74) is 0. The lowest BCUT2D eigenvalue weighted by Gasteiger charge is -2.23. The number of phosphoric ester groups is 1. The number of phosphoric acid groups is 1. The van der Waals surface area contributed by atoms with Gasteiger partial charge < -0.3 is 13.9 Å². The van der Waals surface area contributed by atoms with Gasteiger partial charge in [0.25, 0.3) is 7.82 Å². The molecule has 0 saturated carbocycles. The zero-order chi connectivity index (χ0) is 10.3. The average Bonchev–Trinajstić information content (AvgIpc) is 2.11. The van der Waals surface area contributed by atoms with E-state index < -0.39 is 7.82 Å². The molecule has 0 aromatic carbocycles. The third-order valence-electron chi connectivity index (χ3n) is 1.67. The summed E-state index contributed by atoms with van der Waals surface area (Å²) in [5.74, 6) is 0.243. The smallest absolute Gasteiger partial charge is 0.267 e. The summed E-state index contributed by atoms with van der Waals surface area (Å²) < 4.78 is 20.2. The molecule has 0 radical (unpaired) electrons. The van der Waals surface area contributed by atoms with Crippen LogP contribution in [0.3, 0.4) is 0 Å². The van der Waals surface area contributed by atoms with Gasteiger partial charge in [0.1, 0.15) is 0 Å².